The Morgan fingerprint density at radius 2 is 2.20 bits per heavy atom. The van der Waals surface area contributed by atoms with Crippen LogP contribution in [0.15, 0.2) is 41.6 Å². The van der Waals surface area contributed by atoms with Gasteiger partial charge in [0.15, 0.2) is 5.82 Å². The largest absolute Gasteiger partial charge is 0.323 e. The second-order valence-electron chi connectivity index (χ2n) is 5.50. The summed E-state index contributed by atoms with van der Waals surface area (Å²) in [5.41, 5.74) is 1.67. The Labute approximate surface area is 144 Å². The van der Waals surface area contributed by atoms with Crippen LogP contribution in [0.2, 0.25) is 0 Å². The number of rotatable bonds is 5. The highest BCUT2D eigenvalue weighted by atomic mass is 16.2. The number of carbonyl (C=O) groups is 1. The molecular weight excluding hydrogens is 320 g/mol. The quantitative estimate of drug-likeness (QED) is 0.734. The number of aromatic nitrogens is 5. The van der Waals surface area contributed by atoms with E-state index in [-0.39, 0.29) is 17.9 Å². The molecule has 0 saturated heterocycles. The number of hydrogen-bond donors (Lipinski definition) is 2. The molecule has 128 valence electrons. The normalized spacial score (nSPS) is 10.6. The lowest BCUT2D eigenvalue weighted by Gasteiger charge is -2.07. The lowest BCUT2D eigenvalue weighted by atomic mass is 10.1. The summed E-state index contributed by atoms with van der Waals surface area (Å²) in [7, 11) is 0. The van der Waals surface area contributed by atoms with Crippen LogP contribution in [0.5, 0.6) is 0 Å². The van der Waals surface area contributed by atoms with E-state index >= 15 is 0 Å². The molecule has 2 N–H and O–H groups in total. The SMILES string of the molecule is CCn1cc(NC(=O)Cc2c(C)nc(-c3ccccn3)[nH]c2=O)cn1. The van der Waals surface area contributed by atoms with Crippen LogP contribution < -0.4 is 10.9 Å². The predicted molar refractivity (Wildman–Crippen MR) is 93.1 cm³/mol. The molecule has 0 spiro atoms. The van der Waals surface area contributed by atoms with Gasteiger partial charge < -0.3 is 10.3 Å². The van der Waals surface area contributed by atoms with Gasteiger partial charge in [-0.2, -0.15) is 5.10 Å². The fourth-order valence-electron chi connectivity index (χ4n) is 2.41. The van der Waals surface area contributed by atoms with Gasteiger partial charge in [0.1, 0.15) is 5.69 Å². The molecule has 0 saturated carbocycles. The van der Waals surface area contributed by atoms with Crippen LogP contribution in [-0.4, -0.2) is 30.6 Å². The number of carbonyl (C=O) groups excluding carboxylic acids is 1. The summed E-state index contributed by atoms with van der Waals surface area (Å²) < 4.78 is 1.71. The van der Waals surface area contributed by atoms with Gasteiger partial charge in [0.05, 0.1) is 18.3 Å². The lowest BCUT2D eigenvalue weighted by molar-refractivity contribution is -0.115. The van der Waals surface area contributed by atoms with Crippen molar-refractivity contribution in [3.8, 4) is 11.5 Å². The molecule has 0 fully saturated rings. The van der Waals surface area contributed by atoms with Gasteiger partial charge in [-0.3, -0.25) is 19.3 Å². The summed E-state index contributed by atoms with van der Waals surface area (Å²) >= 11 is 0. The van der Waals surface area contributed by atoms with Crippen LogP contribution in [0.4, 0.5) is 5.69 Å². The second-order valence-corrected chi connectivity index (χ2v) is 5.50. The van der Waals surface area contributed by atoms with Crippen molar-refractivity contribution in [3.63, 3.8) is 0 Å². The summed E-state index contributed by atoms with van der Waals surface area (Å²) in [6, 6.07) is 5.36. The summed E-state index contributed by atoms with van der Waals surface area (Å²) in [5.74, 6) is 0.0909. The number of hydrogen-bond acceptors (Lipinski definition) is 5. The molecule has 3 rings (SSSR count). The highest BCUT2D eigenvalue weighted by molar-refractivity contribution is 5.92. The van der Waals surface area contributed by atoms with Crippen LogP contribution in [0.25, 0.3) is 11.5 Å². The van der Waals surface area contributed by atoms with E-state index in [1.807, 2.05) is 13.0 Å². The summed E-state index contributed by atoms with van der Waals surface area (Å²) in [5, 5.41) is 6.82. The second kappa shape index (κ2) is 7.08. The molecule has 3 aromatic heterocycles. The minimum Gasteiger partial charge on any atom is -0.323 e. The van der Waals surface area contributed by atoms with Gasteiger partial charge in [0, 0.05) is 30.2 Å². The number of aromatic amines is 1. The molecule has 0 aliphatic carbocycles. The lowest BCUT2D eigenvalue weighted by Crippen LogP contribution is -2.23. The van der Waals surface area contributed by atoms with Gasteiger partial charge in [-0.1, -0.05) is 6.07 Å². The van der Waals surface area contributed by atoms with Crippen molar-refractivity contribution in [2.45, 2.75) is 26.8 Å². The maximum Gasteiger partial charge on any atom is 0.255 e. The Morgan fingerprint density at radius 1 is 1.36 bits per heavy atom. The molecule has 0 unspecified atom stereocenters. The average molecular weight is 338 g/mol. The molecule has 1 amide bonds. The standard InChI is InChI=1S/C17H18N6O2/c1-3-23-10-12(9-19-23)21-15(24)8-13-11(2)20-16(22-17(13)25)14-6-4-5-7-18-14/h4-7,9-10H,3,8H2,1-2H3,(H,21,24)(H,20,22,25). The monoisotopic (exact) mass is 338 g/mol. The molecule has 3 aromatic rings. The van der Waals surface area contributed by atoms with E-state index in [0.717, 1.165) is 0 Å². The number of nitrogens with zero attached hydrogens (tertiary/aromatic N) is 4. The predicted octanol–water partition coefficient (Wildman–Crippen LogP) is 1.54. The smallest absolute Gasteiger partial charge is 0.255 e. The van der Waals surface area contributed by atoms with Crippen molar-refractivity contribution >= 4 is 11.6 Å². The Balaban J connectivity index is 1.78. The number of aryl methyl sites for hydroxylation is 2. The molecule has 3 heterocycles. The maximum absolute atomic E-state index is 12.4. The third kappa shape index (κ3) is 3.79. The summed E-state index contributed by atoms with van der Waals surface area (Å²) in [6.07, 6.45) is 4.87. The number of H-pyrrole nitrogens is 1. The van der Waals surface area contributed by atoms with Gasteiger partial charge in [-0.15, -0.1) is 0 Å². The number of anilines is 1. The minimum absolute atomic E-state index is 0.0615. The van der Waals surface area contributed by atoms with Crippen LogP contribution in [0.3, 0.4) is 0 Å². The first-order valence-corrected chi connectivity index (χ1v) is 7.90. The van der Waals surface area contributed by atoms with E-state index in [0.29, 0.717) is 35.0 Å². The molecule has 0 aliphatic heterocycles. The Morgan fingerprint density at radius 3 is 2.84 bits per heavy atom. The molecule has 0 radical (unpaired) electrons. The average Bonchev–Trinajstić information content (AvgIpc) is 3.06. The van der Waals surface area contributed by atoms with Crippen LogP contribution in [-0.2, 0) is 17.8 Å². The van der Waals surface area contributed by atoms with Crippen LogP contribution >= 0.6 is 0 Å². The Bertz CT molecular complexity index is 945. The summed E-state index contributed by atoms with van der Waals surface area (Å²) in [6.45, 7) is 4.38. The van der Waals surface area contributed by atoms with E-state index in [9.17, 15) is 9.59 Å². The zero-order valence-corrected chi connectivity index (χ0v) is 14.0. The first-order valence-electron chi connectivity index (χ1n) is 7.90. The fourth-order valence-corrected chi connectivity index (χ4v) is 2.41. The van der Waals surface area contributed by atoms with Gasteiger partial charge in [0.2, 0.25) is 5.91 Å². The molecule has 25 heavy (non-hydrogen) atoms. The topological polar surface area (TPSA) is 106 Å². The van der Waals surface area contributed by atoms with Crippen molar-refractivity contribution in [1.82, 2.24) is 24.7 Å². The van der Waals surface area contributed by atoms with Gasteiger partial charge >= 0.3 is 0 Å². The van der Waals surface area contributed by atoms with Crippen LogP contribution in [0.1, 0.15) is 18.2 Å². The van der Waals surface area contributed by atoms with E-state index in [1.165, 1.54) is 0 Å². The van der Waals surface area contributed by atoms with E-state index in [2.05, 4.69) is 25.4 Å². The van der Waals surface area contributed by atoms with Gasteiger partial charge in [-0.05, 0) is 26.0 Å². The molecule has 0 aromatic carbocycles. The summed E-state index contributed by atoms with van der Waals surface area (Å²) in [4.78, 5) is 35.8. The third-order valence-electron chi connectivity index (χ3n) is 3.71. The van der Waals surface area contributed by atoms with E-state index in [1.54, 1.807) is 42.3 Å². The first-order chi connectivity index (χ1) is 12.1. The molecule has 0 atom stereocenters. The van der Waals surface area contributed by atoms with Gasteiger partial charge in [-0.25, -0.2) is 4.98 Å². The number of amides is 1. The number of nitrogens with one attached hydrogen (secondary N) is 2. The zero-order chi connectivity index (χ0) is 17.8. The van der Waals surface area contributed by atoms with E-state index < -0.39 is 0 Å². The van der Waals surface area contributed by atoms with Crippen molar-refractivity contribution in [1.29, 1.82) is 0 Å². The highest BCUT2D eigenvalue weighted by Crippen LogP contribution is 2.12. The molecule has 8 heteroatoms. The third-order valence-corrected chi connectivity index (χ3v) is 3.71. The van der Waals surface area contributed by atoms with Crippen molar-refractivity contribution in [2.75, 3.05) is 5.32 Å². The van der Waals surface area contributed by atoms with Gasteiger partial charge in [0.25, 0.3) is 5.56 Å². The molecule has 0 aliphatic rings. The fraction of sp³-hybridized carbons (Fsp3) is 0.235. The molecule has 8 nitrogen and oxygen atoms in total. The van der Waals surface area contributed by atoms with Crippen molar-refractivity contribution in [3.05, 3.63) is 58.4 Å². The van der Waals surface area contributed by atoms with E-state index in [4.69, 9.17) is 0 Å². The molecular formula is C17H18N6O2. The number of pyridine rings is 1. The first kappa shape index (κ1) is 16.6. The van der Waals surface area contributed by atoms with Crippen LogP contribution in [0, 0.1) is 6.92 Å². The Hall–Kier alpha value is -3.29. The maximum atomic E-state index is 12.4. The Kier molecular flexibility index (Phi) is 4.69. The molecule has 0 bridgehead atoms. The van der Waals surface area contributed by atoms with Crippen molar-refractivity contribution in [2.24, 2.45) is 0 Å². The van der Waals surface area contributed by atoms with Crippen molar-refractivity contribution < 1.29 is 4.79 Å². The zero-order valence-electron chi connectivity index (χ0n) is 14.0. The minimum atomic E-state index is -0.340. The highest BCUT2D eigenvalue weighted by Gasteiger charge is 2.14.